The molecule has 4 saturated carbocycles. The highest BCUT2D eigenvalue weighted by Crippen LogP contribution is 2.69. The molecule has 2 aromatic rings. The fourth-order valence-electron chi connectivity index (χ4n) is 21.1. The molecule has 5 fully saturated rings. The Morgan fingerprint density at radius 3 is 1.36 bits per heavy atom. The van der Waals surface area contributed by atoms with Crippen LogP contribution in [0, 0.1) is 70.9 Å². The smallest absolute Gasteiger partial charge is 0.416 e. The van der Waals surface area contributed by atoms with E-state index in [0.717, 1.165) is 274 Å². The van der Waals surface area contributed by atoms with E-state index >= 15 is 0 Å². The number of primary amides is 1. The van der Waals surface area contributed by atoms with E-state index in [1.807, 2.05) is 0 Å². The number of alkyl halides is 6. The van der Waals surface area contributed by atoms with Gasteiger partial charge in [-0.25, -0.2) is 4.39 Å². The van der Waals surface area contributed by atoms with E-state index < -0.39 is 89.2 Å². The number of benzene rings is 2. The van der Waals surface area contributed by atoms with Crippen LogP contribution in [0.1, 0.15) is 306 Å². The van der Waals surface area contributed by atoms with E-state index in [1.54, 1.807) is 6.92 Å². The molecule has 5 aliphatic rings. The SMILES string of the molecule is Cc1cc(F)ccc1[C@H]1CN(C(=O)C(=O)NCCCOCCCCOCCCCOCCCCOCCCCOCCCCOCCCCOCCCCOCCCCOCCCCOCCCCOCCCOCCC(=O)N[C@@H](CC(=O)O[C@H]2CC[C@@]3(C)[C@@H](CC[C@@H]4[C@@H]3CC[C@]3(C)[C@@H]([C@H](C)CCCC(C)C)CC[C@@H]43)C2)C(N)=O)CC[C@@H]1C(=O)N(C)Cc1cc(C(F)(F)F)cc(C(F)(F)F)c1. The summed E-state index contributed by atoms with van der Waals surface area (Å²) in [5.41, 5.74) is 3.99. The standard InChI is InChI=1S/C105H172F7N5O19/c1-79(2)31-28-32-80(3)92-37-38-93-90-35-33-83-75-87(39-43-102(83,5)94(90)40-44-103(92,93)6)136-97(119)76-95(98(113)120)115-96(118)42-70-135-69-30-68-134-66-27-25-64-132-62-23-21-60-130-58-19-17-56-128-54-15-13-52-126-50-11-9-48-124-47-8-10-49-125-51-12-14-53-127-55-16-18-57-129-59-20-22-61-131-63-24-26-65-133-67-29-45-114-99(121)101(123)117-46-41-89(91(78-117)88-36-34-86(106)71-81(88)4)100(122)116(7)77-82-72-84(104(107,108)109)74-85(73-82)105(110,111)112/h34,36,71-74,79-80,83,87,89-95H,8-33,35,37-70,75-78H2,1-7H3,(H2,113,120)(H,114,121)(H,115,118)/t80-,83+,87+,89+,90+,91-,92-,93+,94+,95+,102+,103-/m1/s1. The summed E-state index contributed by atoms with van der Waals surface area (Å²) >= 11 is 0. The van der Waals surface area contributed by atoms with Gasteiger partial charge in [-0.3, -0.25) is 28.8 Å². The van der Waals surface area contributed by atoms with E-state index in [0.29, 0.717) is 114 Å². The number of esters is 1. The third-order valence-corrected chi connectivity index (χ3v) is 28.7. The highest BCUT2D eigenvalue weighted by atomic mass is 19.4. The first-order valence-electron chi connectivity index (χ1n) is 52.1. The number of halogens is 7. The maximum absolute atomic E-state index is 14.2. The number of aryl methyl sites for hydroxylation is 1. The van der Waals surface area contributed by atoms with Gasteiger partial charge in [0.05, 0.1) is 24.2 Å². The molecule has 4 N–H and O–H groups in total. The van der Waals surface area contributed by atoms with Crippen molar-refractivity contribution in [1.82, 2.24) is 20.4 Å². The van der Waals surface area contributed by atoms with Crippen molar-refractivity contribution in [2.75, 3.05) is 185 Å². The van der Waals surface area contributed by atoms with Crippen molar-refractivity contribution in [1.29, 1.82) is 0 Å². The lowest BCUT2D eigenvalue weighted by molar-refractivity contribution is -0.163. The summed E-state index contributed by atoms with van der Waals surface area (Å²) in [6.45, 7) is 29.2. The number of rotatable bonds is 75. The summed E-state index contributed by atoms with van der Waals surface area (Å²) in [6.07, 6.45) is 24.4. The summed E-state index contributed by atoms with van der Waals surface area (Å²) in [4.78, 5) is 81.2. The second kappa shape index (κ2) is 66.2. The molecule has 0 radical (unpaired) electrons. The highest BCUT2D eigenvalue weighted by Gasteiger charge is 2.61. The average Bonchev–Trinajstić information content (AvgIpc) is 1.47. The van der Waals surface area contributed by atoms with Gasteiger partial charge in [-0.1, -0.05) is 59.9 Å². The molecule has 12 atom stereocenters. The minimum absolute atomic E-state index is 0.0182. The summed E-state index contributed by atoms with van der Waals surface area (Å²) < 4.78 is 171. The minimum Gasteiger partial charge on any atom is -0.462 e. The molecule has 0 aromatic heterocycles. The topological polar surface area (TPSA) is 279 Å². The lowest BCUT2D eigenvalue weighted by Crippen LogP contribution is -2.54. The molecule has 780 valence electrons. The van der Waals surface area contributed by atoms with Gasteiger partial charge < -0.3 is 87.7 Å². The van der Waals surface area contributed by atoms with Crippen LogP contribution in [-0.4, -0.2) is 243 Å². The summed E-state index contributed by atoms with van der Waals surface area (Å²) in [5.74, 6) is -0.802. The van der Waals surface area contributed by atoms with Crippen molar-refractivity contribution < 1.29 is 121 Å². The van der Waals surface area contributed by atoms with Crippen LogP contribution in [0.2, 0.25) is 0 Å². The molecule has 5 amide bonds. The maximum Gasteiger partial charge on any atom is 0.416 e. The number of hydrogen-bond donors (Lipinski definition) is 3. The van der Waals surface area contributed by atoms with E-state index in [2.05, 4.69) is 45.3 Å². The van der Waals surface area contributed by atoms with Crippen molar-refractivity contribution in [2.45, 2.75) is 316 Å². The van der Waals surface area contributed by atoms with Crippen LogP contribution in [-0.2, 0) is 109 Å². The number of nitrogens with one attached hydrogen (secondary N) is 2. The van der Waals surface area contributed by atoms with Crippen LogP contribution >= 0.6 is 0 Å². The monoisotopic (exact) mass is 1940 g/mol. The Morgan fingerprint density at radius 1 is 0.500 bits per heavy atom. The number of nitrogens with two attached hydrogens (primary N) is 1. The van der Waals surface area contributed by atoms with E-state index in [9.17, 15) is 59.5 Å². The van der Waals surface area contributed by atoms with Gasteiger partial charge in [-0.2, -0.15) is 26.3 Å². The van der Waals surface area contributed by atoms with Gasteiger partial charge in [0.1, 0.15) is 18.0 Å². The van der Waals surface area contributed by atoms with Gasteiger partial charge in [0.15, 0.2) is 0 Å². The molecular weight excluding hydrogens is 1770 g/mol. The fourth-order valence-corrected chi connectivity index (χ4v) is 21.1. The molecular formula is C105H172F7N5O19. The van der Waals surface area contributed by atoms with Crippen molar-refractivity contribution in [3.05, 3.63) is 70.0 Å². The number of ether oxygens (including phenoxy) is 13. The van der Waals surface area contributed by atoms with Gasteiger partial charge in [0.2, 0.25) is 17.7 Å². The zero-order valence-corrected chi connectivity index (χ0v) is 83.7. The molecule has 0 bridgehead atoms. The quantitative estimate of drug-likeness (QED) is 0.0240. The normalized spacial score (nSPS) is 21.7. The van der Waals surface area contributed by atoms with Crippen molar-refractivity contribution in [3.8, 4) is 0 Å². The molecule has 0 unspecified atom stereocenters. The number of nitrogens with zero attached hydrogens (tertiary/aromatic N) is 2. The van der Waals surface area contributed by atoms with Crippen LogP contribution in [0.4, 0.5) is 30.7 Å². The van der Waals surface area contributed by atoms with Crippen molar-refractivity contribution in [2.24, 2.45) is 63.9 Å². The number of likely N-dealkylation sites (tertiary alicyclic amines) is 1. The Bertz CT molecular complexity index is 3610. The molecule has 31 heteroatoms. The second-order valence-electron chi connectivity index (χ2n) is 39.8. The second-order valence-corrected chi connectivity index (χ2v) is 39.8. The zero-order chi connectivity index (χ0) is 98.2. The van der Waals surface area contributed by atoms with Gasteiger partial charge >= 0.3 is 30.1 Å². The fraction of sp³-hybridized carbons (Fsp3) is 0.829. The van der Waals surface area contributed by atoms with Crippen LogP contribution in [0.3, 0.4) is 0 Å². The first-order chi connectivity index (χ1) is 65.5. The third-order valence-electron chi connectivity index (χ3n) is 28.7. The molecule has 136 heavy (non-hydrogen) atoms. The van der Waals surface area contributed by atoms with E-state index in [1.165, 1.54) is 87.9 Å². The molecule has 7 rings (SSSR count). The summed E-state index contributed by atoms with van der Waals surface area (Å²) in [6, 6.07) is 3.93. The van der Waals surface area contributed by atoms with Gasteiger partial charge in [0.25, 0.3) is 0 Å². The Balaban J connectivity index is 0.518. The molecule has 1 heterocycles. The van der Waals surface area contributed by atoms with E-state index in [4.69, 9.17) is 67.3 Å². The van der Waals surface area contributed by atoms with Crippen LogP contribution in [0.25, 0.3) is 0 Å². The Kier molecular flexibility index (Phi) is 57.1. The highest BCUT2D eigenvalue weighted by molar-refractivity contribution is 6.35. The first kappa shape index (κ1) is 117. The van der Waals surface area contributed by atoms with E-state index in [-0.39, 0.29) is 68.7 Å². The minimum atomic E-state index is -5.07. The zero-order valence-electron chi connectivity index (χ0n) is 83.7. The molecule has 1 aliphatic heterocycles. The largest absolute Gasteiger partial charge is 0.462 e. The van der Waals surface area contributed by atoms with Gasteiger partial charge in [-0.05, 0) is 312 Å². The number of amides is 5. The number of hydrogen-bond acceptors (Lipinski definition) is 19. The number of carbonyl (C=O) groups excluding carboxylic acids is 6. The van der Waals surface area contributed by atoms with Crippen LogP contribution in [0.5, 0.6) is 0 Å². The predicted octanol–water partition coefficient (Wildman–Crippen LogP) is 19.4. The van der Waals surface area contributed by atoms with Crippen LogP contribution < -0.4 is 16.4 Å². The number of piperidine rings is 1. The lowest BCUT2D eigenvalue weighted by Gasteiger charge is -2.61. The maximum atomic E-state index is 14.2. The molecule has 4 aliphatic carbocycles. The molecule has 1 saturated heterocycles. The lowest BCUT2D eigenvalue weighted by atomic mass is 9.44. The summed E-state index contributed by atoms with van der Waals surface area (Å²) in [5, 5.41) is 5.26. The third kappa shape index (κ3) is 44.4. The predicted molar refractivity (Wildman–Crippen MR) is 509 cm³/mol. The number of carbonyl (C=O) groups is 6. The number of fused-ring (bicyclic) bond motifs is 5. The summed E-state index contributed by atoms with van der Waals surface area (Å²) in [7, 11) is 1.27. The molecule has 24 nitrogen and oxygen atoms in total. The Morgan fingerprint density at radius 2 is 0.926 bits per heavy atom. The van der Waals surface area contributed by atoms with Gasteiger partial charge in [0, 0.05) is 203 Å². The van der Waals surface area contributed by atoms with Crippen LogP contribution in [0.15, 0.2) is 36.4 Å². The molecule has 2 aromatic carbocycles. The van der Waals surface area contributed by atoms with Crippen molar-refractivity contribution in [3.63, 3.8) is 0 Å². The average molecular weight is 1940 g/mol. The Labute approximate surface area is 808 Å². The Hall–Kier alpha value is -5.71. The first-order valence-corrected chi connectivity index (χ1v) is 52.1. The van der Waals surface area contributed by atoms with Crippen molar-refractivity contribution >= 4 is 35.5 Å². The van der Waals surface area contributed by atoms with Gasteiger partial charge in [-0.15, -0.1) is 0 Å². The molecule has 0 spiro atoms. The number of unbranched alkanes of at least 4 members (excludes halogenated alkanes) is 10.